The Bertz CT molecular complexity index is 604. The first kappa shape index (κ1) is 19.8. The number of hydrogen-bond donors (Lipinski definition) is 2. The van der Waals surface area contributed by atoms with Crippen molar-refractivity contribution >= 4 is 11.8 Å². The first-order valence-electron chi connectivity index (χ1n) is 7.85. The Balaban J connectivity index is 2.90. The Morgan fingerprint density at radius 2 is 1.75 bits per heavy atom. The fraction of sp³-hybridized carbons (Fsp3) is 0.556. The normalized spacial score (nSPS) is 11.8. The molecular weight excluding hydrogens is 308 g/mol. The maximum atomic E-state index is 12.5. The van der Waals surface area contributed by atoms with E-state index in [2.05, 4.69) is 26.1 Å². The number of carbonyl (C=O) groups excluding carboxylic acids is 2. The molecule has 6 nitrogen and oxygen atoms in total. The van der Waals surface area contributed by atoms with E-state index in [9.17, 15) is 9.59 Å². The van der Waals surface area contributed by atoms with Crippen molar-refractivity contribution in [2.75, 3.05) is 13.7 Å². The number of rotatable bonds is 7. The molecule has 0 aliphatic rings. The fourth-order valence-electron chi connectivity index (χ4n) is 2.83. The molecule has 3 N–H and O–H groups in total. The van der Waals surface area contributed by atoms with Gasteiger partial charge in [0.1, 0.15) is 0 Å². The molecule has 134 valence electrons. The summed E-state index contributed by atoms with van der Waals surface area (Å²) in [5.41, 5.74) is 5.27. The zero-order chi connectivity index (χ0) is 18.5. The van der Waals surface area contributed by atoms with Crippen LogP contribution in [0.2, 0.25) is 0 Å². The van der Waals surface area contributed by atoms with E-state index in [-0.39, 0.29) is 23.5 Å². The van der Waals surface area contributed by atoms with Crippen molar-refractivity contribution in [2.45, 2.75) is 46.6 Å². The second-order valence-corrected chi connectivity index (χ2v) is 7.70. The number of primary amides is 1. The summed E-state index contributed by atoms with van der Waals surface area (Å²) in [4.78, 5) is 23.3. The minimum Gasteiger partial charge on any atom is -0.493 e. The Hall–Kier alpha value is -2.24. The van der Waals surface area contributed by atoms with Gasteiger partial charge < -0.3 is 20.5 Å². The number of hydrogen-bond acceptors (Lipinski definition) is 4. The van der Waals surface area contributed by atoms with Crippen molar-refractivity contribution in [1.82, 2.24) is 5.32 Å². The molecule has 24 heavy (non-hydrogen) atoms. The van der Waals surface area contributed by atoms with Crippen LogP contribution in [0, 0.1) is 5.41 Å². The first-order chi connectivity index (χ1) is 10.9. The topological polar surface area (TPSA) is 90.7 Å². The van der Waals surface area contributed by atoms with Crippen LogP contribution in [0.15, 0.2) is 18.2 Å². The van der Waals surface area contributed by atoms with Crippen LogP contribution in [0.4, 0.5) is 0 Å². The summed E-state index contributed by atoms with van der Waals surface area (Å²) in [6.45, 7) is 10.1. The lowest BCUT2D eigenvalue weighted by molar-refractivity contribution is -0.119. The molecule has 0 saturated heterocycles. The van der Waals surface area contributed by atoms with Crippen LogP contribution in [-0.4, -0.2) is 31.1 Å². The van der Waals surface area contributed by atoms with Gasteiger partial charge in [-0.25, -0.2) is 0 Å². The van der Waals surface area contributed by atoms with E-state index in [4.69, 9.17) is 15.2 Å². The predicted octanol–water partition coefficient (Wildman–Crippen LogP) is 2.50. The van der Waals surface area contributed by atoms with Crippen molar-refractivity contribution in [3.63, 3.8) is 0 Å². The van der Waals surface area contributed by atoms with Gasteiger partial charge >= 0.3 is 0 Å². The second-order valence-electron chi connectivity index (χ2n) is 7.70. The quantitative estimate of drug-likeness (QED) is 0.800. The van der Waals surface area contributed by atoms with Crippen molar-refractivity contribution < 1.29 is 19.1 Å². The number of benzene rings is 1. The van der Waals surface area contributed by atoms with Crippen LogP contribution in [0.25, 0.3) is 0 Å². The molecule has 1 rings (SSSR count). The van der Waals surface area contributed by atoms with Crippen LogP contribution < -0.4 is 20.5 Å². The highest BCUT2D eigenvalue weighted by molar-refractivity contribution is 5.95. The Kier molecular flexibility index (Phi) is 6.23. The summed E-state index contributed by atoms with van der Waals surface area (Å²) < 4.78 is 10.5. The number of amides is 2. The van der Waals surface area contributed by atoms with Gasteiger partial charge in [0.25, 0.3) is 11.8 Å². The third kappa shape index (κ3) is 6.48. The minimum atomic E-state index is -0.581. The Morgan fingerprint density at radius 1 is 1.12 bits per heavy atom. The molecule has 0 heterocycles. The maximum absolute atomic E-state index is 12.5. The average molecular weight is 336 g/mol. The smallest absolute Gasteiger partial charge is 0.255 e. The van der Waals surface area contributed by atoms with Gasteiger partial charge in [-0.15, -0.1) is 0 Å². The molecule has 0 spiro atoms. The minimum absolute atomic E-state index is 0.0981. The molecule has 6 heteroatoms. The highest BCUT2D eigenvalue weighted by Gasteiger charge is 2.27. The highest BCUT2D eigenvalue weighted by atomic mass is 16.5. The van der Waals surface area contributed by atoms with Gasteiger partial charge in [-0.2, -0.15) is 0 Å². The number of ether oxygens (including phenoxy) is 2. The van der Waals surface area contributed by atoms with E-state index in [0.717, 1.165) is 6.42 Å². The SMILES string of the molecule is COc1cc(C(=O)NC(C)(C)CC(C)(C)C)ccc1OCC(N)=O. The molecule has 0 aliphatic heterocycles. The van der Waals surface area contributed by atoms with Crippen LogP contribution >= 0.6 is 0 Å². The summed E-state index contributed by atoms with van der Waals surface area (Å²) in [7, 11) is 1.47. The summed E-state index contributed by atoms with van der Waals surface area (Å²) in [5, 5.41) is 3.04. The molecule has 0 fully saturated rings. The summed E-state index contributed by atoms with van der Waals surface area (Å²) >= 11 is 0. The van der Waals surface area contributed by atoms with Gasteiger partial charge in [0.2, 0.25) is 0 Å². The highest BCUT2D eigenvalue weighted by Crippen LogP contribution is 2.29. The predicted molar refractivity (Wildman–Crippen MR) is 93.3 cm³/mol. The third-order valence-corrected chi connectivity index (χ3v) is 3.22. The largest absolute Gasteiger partial charge is 0.493 e. The van der Waals surface area contributed by atoms with Crippen molar-refractivity contribution in [2.24, 2.45) is 11.1 Å². The standard InChI is InChI=1S/C18H28N2O4/c1-17(2,3)11-18(4,5)20-16(22)12-7-8-13(14(9-12)23-6)24-10-15(19)21/h7-9H,10-11H2,1-6H3,(H2,19,21)(H,20,22). The zero-order valence-electron chi connectivity index (χ0n) is 15.4. The second kappa shape index (κ2) is 7.55. The summed E-state index contributed by atoms with van der Waals surface area (Å²) in [6.07, 6.45) is 0.836. The molecule has 0 saturated carbocycles. The lowest BCUT2D eigenvalue weighted by Crippen LogP contribution is -2.45. The molecule has 0 atom stereocenters. The van der Waals surface area contributed by atoms with Crippen LogP contribution in [-0.2, 0) is 4.79 Å². The molecular formula is C18H28N2O4. The van der Waals surface area contributed by atoms with Gasteiger partial charge in [0, 0.05) is 11.1 Å². The molecule has 0 aliphatic carbocycles. The zero-order valence-corrected chi connectivity index (χ0v) is 15.4. The van der Waals surface area contributed by atoms with Gasteiger partial charge in [0.15, 0.2) is 18.1 Å². The van der Waals surface area contributed by atoms with E-state index < -0.39 is 5.91 Å². The van der Waals surface area contributed by atoms with E-state index in [1.165, 1.54) is 7.11 Å². The monoisotopic (exact) mass is 336 g/mol. The Labute approximate surface area is 143 Å². The molecule has 1 aromatic carbocycles. The number of nitrogens with two attached hydrogens (primary N) is 1. The lowest BCUT2D eigenvalue weighted by atomic mass is 9.81. The van der Waals surface area contributed by atoms with E-state index in [0.29, 0.717) is 17.1 Å². The molecule has 0 aromatic heterocycles. The van der Waals surface area contributed by atoms with Crippen molar-refractivity contribution in [1.29, 1.82) is 0 Å². The first-order valence-corrected chi connectivity index (χ1v) is 7.85. The summed E-state index contributed by atoms with van der Waals surface area (Å²) in [5.74, 6) is -0.0360. The number of nitrogens with one attached hydrogen (secondary N) is 1. The molecule has 0 bridgehead atoms. The fourth-order valence-corrected chi connectivity index (χ4v) is 2.83. The van der Waals surface area contributed by atoms with Gasteiger partial charge in [-0.05, 0) is 43.9 Å². The average Bonchev–Trinajstić information content (AvgIpc) is 2.41. The molecule has 1 aromatic rings. The lowest BCUT2D eigenvalue weighted by Gasteiger charge is -2.33. The summed E-state index contributed by atoms with van der Waals surface area (Å²) in [6, 6.07) is 4.80. The van der Waals surface area contributed by atoms with Crippen LogP contribution in [0.3, 0.4) is 0 Å². The molecule has 0 radical (unpaired) electrons. The van der Waals surface area contributed by atoms with E-state index in [1.54, 1.807) is 18.2 Å². The maximum Gasteiger partial charge on any atom is 0.255 e. The van der Waals surface area contributed by atoms with Gasteiger partial charge in [-0.1, -0.05) is 20.8 Å². The third-order valence-electron chi connectivity index (χ3n) is 3.22. The number of methoxy groups -OCH3 is 1. The van der Waals surface area contributed by atoms with E-state index >= 15 is 0 Å². The van der Waals surface area contributed by atoms with Crippen molar-refractivity contribution in [3.05, 3.63) is 23.8 Å². The van der Waals surface area contributed by atoms with Crippen molar-refractivity contribution in [3.8, 4) is 11.5 Å². The van der Waals surface area contributed by atoms with Gasteiger partial charge in [-0.3, -0.25) is 9.59 Å². The molecule has 2 amide bonds. The number of carbonyl (C=O) groups is 2. The van der Waals surface area contributed by atoms with Gasteiger partial charge in [0.05, 0.1) is 7.11 Å². The Morgan fingerprint density at radius 3 is 2.25 bits per heavy atom. The molecule has 0 unspecified atom stereocenters. The van der Waals surface area contributed by atoms with Crippen LogP contribution in [0.5, 0.6) is 11.5 Å². The van der Waals surface area contributed by atoms with Crippen LogP contribution in [0.1, 0.15) is 51.4 Å². The van der Waals surface area contributed by atoms with E-state index in [1.807, 2.05) is 13.8 Å².